The van der Waals surface area contributed by atoms with Crippen molar-refractivity contribution in [2.75, 3.05) is 31.7 Å². The second kappa shape index (κ2) is 8.57. The molecule has 0 saturated carbocycles. The minimum atomic E-state index is -0.0481. The van der Waals surface area contributed by atoms with Gasteiger partial charge < -0.3 is 19.5 Å². The molecule has 2 aromatic heterocycles. The summed E-state index contributed by atoms with van der Waals surface area (Å²) in [6.07, 6.45) is 5.78. The Bertz CT molecular complexity index is 1020. The molecule has 1 saturated heterocycles. The van der Waals surface area contributed by atoms with Crippen LogP contribution in [0.2, 0.25) is 0 Å². The Morgan fingerprint density at radius 3 is 2.93 bits per heavy atom. The predicted molar refractivity (Wildman–Crippen MR) is 114 cm³/mol. The summed E-state index contributed by atoms with van der Waals surface area (Å²) >= 11 is 0. The smallest absolute Gasteiger partial charge is 0.317 e. The van der Waals surface area contributed by atoms with Crippen molar-refractivity contribution >= 4 is 16.6 Å². The molecule has 8 heteroatoms. The molecule has 4 bridgehead atoms. The van der Waals surface area contributed by atoms with Crippen molar-refractivity contribution in [1.82, 2.24) is 19.7 Å². The van der Waals surface area contributed by atoms with E-state index >= 15 is 0 Å². The van der Waals surface area contributed by atoms with Crippen LogP contribution in [0.4, 0.5) is 5.69 Å². The number of anilines is 1. The highest BCUT2D eigenvalue weighted by Crippen LogP contribution is 2.34. The first-order valence-electron chi connectivity index (χ1n) is 10.7. The average molecular weight is 409 g/mol. The van der Waals surface area contributed by atoms with Gasteiger partial charge in [0, 0.05) is 36.5 Å². The van der Waals surface area contributed by atoms with Crippen LogP contribution in [0.3, 0.4) is 0 Å². The van der Waals surface area contributed by atoms with Gasteiger partial charge in [-0.25, -0.2) is 9.67 Å². The van der Waals surface area contributed by atoms with Crippen LogP contribution in [0, 0.1) is 0 Å². The Balaban J connectivity index is 1.63. The van der Waals surface area contributed by atoms with Gasteiger partial charge in [-0.05, 0) is 56.9 Å². The average Bonchev–Trinajstić information content (AvgIpc) is 3.15. The quantitative estimate of drug-likeness (QED) is 0.655. The van der Waals surface area contributed by atoms with Crippen molar-refractivity contribution in [3.63, 3.8) is 0 Å². The van der Waals surface area contributed by atoms with E-state index in [0.29, 0.717) is 25.8 Å². The number of benzene rings is 1. The lowest BCUT2D eigenvalue weighted by Crippen LogP contribution is -2.19. The molecule has 2 atom stereocenters. The van der Waals surface area contributed by atoms with Gasteiger partial charge in [-0.3, -0.25) is 0 Å². The molecular weight excluding hydrogens is 382 g/mol. The molecule has 2 aliphatic rings. The summed E-state index contributed by atoms with van der Waals surface area (Å²) in [6, 6.07) is 8.87. The van der Waals surface area contributed by atoms with Crippen molar-refractivity contribution in [2.45, 2.75) is 44.9 Å². The van der Waals surface area contributed by atoms with E-state index in [-0.39, 0.29) is 12.3 Å². The van der Waals surface area contributed by atoms with E-state index < -0.39 is 0 Å². The van der Waals surface area contributed by atoms with Gasteiger partial charge in [0.2, 0.25) is 0 Å². The lowest BCUT2D eigenvalue weighted by Gasteiger charge is -2.23. The van der Waals surface area contributed by atoms with Crippen LogP contribution in [-0.2, 0) is 9.47 Å². The van der Waals surface area contributed by atoms with E-state index in [1.165, 1.54) is 0 Å². The van der Waals surface area contributed by atoms with Gasteiger partial charge in [-0.1, -0.05) is 0 Å². The molecule has 0 aliphatic carbocycles. The number of hydrogen-bond acceptors (Lipinski definition) is 7. The molecular formula is C22H27N5O3. The van der Waals surface area contributed by atoms with E-state index in [1.807, 2.05) is 10.7 Å². The molecule has 30 heavy (non-hydrogen) atoms. The monoisotopic (exact) mass is 409 g/mol. The SMILES string of the molecule is C[C@H]1CCOCCOc2nccc(n2)-c2nn(C3CCCCO3)c3ccc(cc23)N1. The minimum absolute atomic E-state index is 0.0481. The third-order valence-electron chi connectivity index (χ3n) is 5.58. The standard InChI is InChI=1S/C22H27N5O3/c1-15-8-11-28-12-13-30-22-23-9-7-18(25-22)21-17-14-16(24-15)5-6-19(17)27(26-21)20-4-2-3-10-29-20/h5-7,9,14-15,20,24H,2-4,8,10-13H2,1H3/t15-,20?/m0/s1. The van der Waals surface area contributed by atoms with Crippen LogP contribution in [0.25, 0.3) is 22.3 Å². The van der Waals surface area contributed by atoms with Gasteiger partial charge in [0.1, 0.15) is 12.3 Å². The van der Waals surface area contributed by atoms with Crippen molar-refractivity contribution in [2.24, 2.45) is 0 Å². The Morgan fingerprint density at radius 1 is 1.07 bits per heavy atom. The molecule has 8 nitrogen and oxygen atoms in total. The summed E-state index contributed by atoms with van der Waals surface area (Å²) in [4.78, 5) is 8.85. The van der Waals surface area contributed by atoms with Gasteiger partial charge in [0.25, 0.3) is 0 Å². The van der Waals surface area contributed by atoms with Gasteiger partial charge >= 0.3 is 6.01 Å². The number of ether oxygens (including phenoxy) is 3. The molecule has 3 aromatic rings. The molecule has 1 unspecified atom stereocenters. The maximum atomic E-state index is 6.03. The van der Waals surface area contributed by atoms with Crippen molar-refractivity contribution in [1.29, 1.82) is 0 Å². The Morgan fingerprint density at radius 2 is 2.03 bits per heavy atom. The molecule has 0 amide bonds. The van der Waals surface area contributed by atoms with Crippen LogP contribution in [0.5, 0.6) is 6.01 Å². The highest BCUT2D eigenvalue weighted by molar-refractivity contribution is 5.94. The molecule has 1 fully saturated rings. The van der Waals surface area contributed by atoms with Crippen molar-refractivity contribution < 1.29 is 14.2 Å². The minimum Gasteiger partial charge on any atom is -0.461 e. The lowest BCUT2D eigenvalue weighted by molar-refractivity contribution is -0.0365. The topological polar surface area (TPSA) is 83.3 Å². The Labute approximate surface area is 175 Å². The number of fused-ring (bicyclic) bond motifs is 4. The summed E-state index contributed by atoms with van der Waals surface area (Å²) < 4.78 is 19.4. The molecule has 0 radical (unpaired) electrons. The fourth-order valence-corrected chi connectivity index (χ4v) is 4.01. The summed E-state index contributed by atoms with van der Waals surface area (Å²) in [7, 11) is 0. The largest absolute Gasteiger partial charge is 0.461 e. The Hall–Kier alpha value is -2.71. The van der Waals surface area contributed by atoms with Gasteiger partial charge in [0.05, 0.1) is 17.8 Å². The first-order valence-corrected chi connectivity index (χ1v) is 10.7. The van der Waals surface area contributed by atoms with Crippen molar-refractivity contribution in [3.05, 3.63) is 30.5 Å². The second-order valence-electron chi connectivity index (χ2n) is 7.87. The zero-order chi connectivity index (χ0) is 20.3. The van der Waals surface area contributed by atoms with Crippen LogP contribution >= 0.6 is 0 Å². The normalized spacial score (nSPS) is 22.7. The molecule has 0 spiro atoms. The fraction of sp³-hybridized carbons (Fsp3) is 0.500. The third-order valence-corrected chi connectivity index (χ3v) is 5.58. The number of aromatic nitrogens is 4. The van der Waals surface area contributed by atoms with Gasteiger partial charge in [-0.2, -0.15) is 10.1 Å². The summed E-state index contributed by atoms with van der Waals surface area (Å²) in [6.45, 7) is 4.52. The zero-order valence-electron chi connectivity index (χ0n) is 17.2. The third kappa shape index (κ3) is 3.97. The Kier molecular flexibility index (Phi) is 5.50. The molecule has 4 heterocycles. The highest BCUT2D eigenvalue weighted by Gasteiger charge is 2.23. The van der Waals surface area contributed by atoms with Crippen LogP contribution in [0.15, 0.2) is 30.5 Å². The maximum absolute atomic E-state index is 6.03. The molecule has 1 N–H and O–H groups in total. The molecule has 158 valence electrons. The number of rotatable bonds is 1. The lowest BCUT2D eigenvalue weighted by atomic mass is 10.1. The van der Waals surface area contributed by atoms with Crippen molar-refractivity contribution in [3.8, 4) is 17.4 Å². The van der Waals surface area contributed by atoms with E-state index in [4.69, 9.17) is 19.3 Å². The van der Waals surface area contributed by atoms with E-state index in [0.717, 1.165) is 60.3 Å². The summed E-state index contributed by atoms with van der Waals surface area (Å²) in [5.74, 6) is 0. The molecule has 2 aliphatic heterocycles. The first kappa shape index (κ1) is 19.3. The molecule has 5 rings (SSSR count). The van der Waals surface area contributed by atoms with Crippen LogP contribution in [0.1, 0.15) is 38.8 Å². The van der Waals surface area contributed by atoms with E-state index in [1.54, 1.807) is 6.20 Å². The summed E-state index contributed by atoms with van der Waals surface area (Å²) in [5, 5.41) is 9.57. The number of hydrogen-bond donors (Lipinski definition) is 1. The van der Waals surface area contributed by atoms with Crippen LogP contribution in [-0.4, -0.2) is 52.2 Å². The number of nitrogens with zero attached hydrogens (tertiary/aromatic N) is 4. The highest BCUT2D eigenvalue weighted by atomic mass is 16.5. The second-order valence-corrected chi connectivity index (χ2v) is 7.87. The number of nitrogens with one attached hydrogen (secondary N) is 1. The van der Waals surface area contributed by atoms with Crippen LogP contribution < -0.4 is 10.1 Å². The zero-order valence-corrected chi connectivity index (χ0v) is 17.2. The van der Waals surface area contributed by atoms with Gasteiger partial charge in [-0.15, -0.1) is 0 Å². The molecule has 1 aromatic carbocycles. The predicted octanol–water partition coefficient (Wildman–Crippen LogP) is 3.79. The fourth-order valence-electron chi connectivity index (χ4n) is 4.01. The van der Waals surface area contributed by atoms with Gasteiger partial charge in [0.15, 0.2) is 6.23 Å². The summed E-state index contributed by atoms with van der Waals surface area (Å²) in [5.41, 5.74) is 3.65. The first-order chi connectivity index (χ1) is 14.8. The van der Waals surface area contributed by atoms with E-state index in [2.05, 4.69) is 40.4 Å². The van der Waals surface area contributed by atoms with E-state index in [9.17, 15) is 0 Å². The maximum Gasteiger partial charge on any atom is 0.317 e.